The zero-order chi connectivity index (χ0) is 19.4. The number of para-hydroxylation sites is 1. The number of H-pyrrole nitrogens is 1. The number of methoxy groups -OCH3 is 1. The fourth-order valence-corrected chi connectivity index (χ4v) is 3.57. The van der Waals surface area contributed by atoms with Crippen LogP contribution in [0.3, 0.4) is 0 Å². The molecule has 3 rings (SSSR count). The molecule has 1 N–H and O–H groups in total. The van der Waals surface area contributed by atoms with Crippen molar-refractivity contribution in [1.82, 2.24) is 14.8 Å². The number of aromatic amines is 1. The Kier molecular flexibility index (Phi) is 5.84. The summed E-state index contributed by atoms with van der Waals surface area (Å²) in [5.41, 5.74) is 4.06. The minimum Gasteiger partial charge on any atom is -0.496 e. The van der Waals surface area contributed by atoms with Gasteiger partial charge in [-0.1, -0.05) is 18.2 Å². The highest BCUT2D eigenvalue weighted by molar-refractivity contribution is 5.81. The van der Waals surface area contributed by atoms with Gasteiger partial charge in [0.15, 0.2) is 0 Å². The van der Waals surface area contributed by atoms with E-state index >= 15 is 0 Å². The Labute approximate surface area is 160 Å². The molecule has 0 bridgehead atoms. The third kappa shape index (κ3) is 4.51. The van der Waals surface area contributed by atoms with Crippen LogP contribution in [0.4, 0.5) is 0 Å². The molecule has 1 aromatic heterocycles. The molecule has 1 fully saturated rings. The van der Waals surface area contributed by atoms with Gasteiger partial charge in [-0.2, -0.15) is 0 Å². The number of benzene rings is 1. The summed E-state index contributed by atoms with van der Waals surface area (Å²) in [7, 11) is 1.61. The molecule has 1 saturated heterocycles. The zero-order valence-corrected chi connectivity index (χ0v) is 16.2. The number of piperazine rings is 1. The van der Waals surface area contributed by atoms with Crippen LogP contribution in [0.15, 0.2) is 30.3 Å². The van der Waals surface area contributed by atoms with E-state index in [-0.39, 0.29) is 11.8 Å². The van der Waals surface area contributed by atoms with E-state index in [2.05, 4.69) is 4.98 Å². The second-order valence-electron chi connectivity index (χ2n) is 7.03. The van der Waals surface area contributed by atoms with Crippen LogP contribution in [0.1, 0.15) is 22.5 Å². The minimum atomic E-state index is 0.0729. The van der Waals surface area contributed by atoms with Gasteiger partial charge in [-0.3, -0.25) is 9.59 Å². The second-order valence-corrected chi connectivity index (χ2v) is 7.03. The fraction of sp³-hybridized carbons (Fsp3) is 0.429. The van der Waals surface area contributed by atoms with Gasteiger partial charge in [-0.15, -0.1) is 0 Å². The first-order valence-electron chi connectivity index (χ1n) is 9.30. The highest BCUT2D eigenvalue weighted by Crippen LogP contribution is 2.19. The number of nitrogens with zero attached hydrogens (tertiary/aromatic N) is 2. The van der Waals surface area contributed by atoms with Crippen molar-refractivity contribution in [2.24, 2.45) is 0 Å². The van der Waals surface area contributed by atoms with E-state index < -0.39 is 0 Å². The number of carbonyl (C=O) groups excluding carboxylic acids is 2. The lowest BCUT2D eigenvalue weighted by Crippen LogP contribution is -2.51. The van der Waals surface area contributed by atoms with E-state index in [4.69, 9.17) is 4.74 Å². The van der Waals surface area contributed by atoms with E-state index in [1.165, 1.54) is 0 Å². The van der Waals surface area contributed by atoms with Crippen molar-refractivity contribution >= 4 is 11.8 Å². The summed E-state index contributed by atoms with van der Waals surface area (Å²) in [6.07, 6.45) is 0.727. The predicted molar refractivity (Wildman–Crippen MR) is 104 cm³/mol. The molecule has 0 saturated carbocycles. The zero-order valence-electron chi connectivity index (χ0n) is 16.2. The minimum absolute atomic E-state index is 0.0729. The number of nitrogens with one attached hydrogen (secondary N) is 1. The maximum absolute atomic E-state index is 12.6. The lowest BCUT2D eigenvalue weighted by Gasteiger charge is -2.35. The van der Waals surface area contributed by atoms with Gasteiger partial charge >= 0.3 is 0 Å². The Morgan fingerprint density at radius 1 is 0.963 bits per heavy atom. The van der Waals surface area contributed by atoms with E-state index in [9.17, 15) is 9.59 Å². The number of hydrogen-bond acceptors (Lipinski definition) is 3. The SMILES string of the molecule is COc1ccccc1CC(=O)N1CCN(C(=O)Cc2cc(C)[nH]c2C)CC1. The lowest BCUT2D eigenvalue weighted by molar-refractivity contribution is -0.138. The van der Waals surface area contributed by atoms with Gasteiger partial charge in [-0.25, -0.2) is 0 Å². The van der Waals surface area contributed by atoms with Crippen LogP contribution in [0.5, 0.6) is 5.75 Å². The van der Waals surface area contributed by atoms with Crippen LogP contribution in [-0.2, 0) is 22.4 Å². The molecule has 1 aliphatic heterocycles. The molecule has 0 spiro atoms. The summed E-state index contributed by atoms with van der Waals surface area (Å²) in [5.74, 6) is 0.925. The first-order valence-corrected chi connectivity index (χ1v) is 9.30. The molecular formula is C21H27N3O3. The van der Waals surface area contributed by atoms with Crippen LogP contribution >= 0.6 is 0 Å². The molecule has 6 nitrogen and oxygen atoms in total. The molecule has 0 radical (unpaired) electrons. The predicted octanol–water partition coefficient (Wildman–Crippen LogP) is 2.10. The van der Waals surface area contributed by atoms with Crippen molar-refractivity contribution in [1.29, 1.82) is 0 Å². The third-order valence-electron chi connectivity index (χ3n) is 5.12. The van der Waals surface area contributed by atoms with E-state index in [0.29, 0.717) is 39.0 Å². The van der Waals surface area contributed by atoms with E-state index in [1.54, 1.807) is 7.11 Å². The molecule has 2 heterocycles. The largest absolute Gasteiger partial charge is 0.496 e. The maximum Gasteiger partial charge on any atom is 0.227 e. The molecule has 1 aromatic carbocycles. The van der Waals surface area contributed by atoms with Gasteiger partial charge in [0.2, 0.25) is 11.8 Å². The average Bonchev–Trinajstić information content (AvgIpc) is 2.99. The van der Waals surface area contributed by atoms with Crippen molar-refractivity contribution in [2.45, 2.75) is 26.7 Å². The van der Waals surface area contributed by atoms with Crippen LogP contribution in [0.2, 0.25) is 0 Å². The number of hydrogen-bond donors (Lipinski definition) is 1. The number of aromatic nitrogens is 1. The summed E-state index contributed by atoms with van der Waals surface area (Å²) in [6.45, 7) is 6.30. The molecule has 0 atom stereocenters. The molecule has 144 valence electrons. The van der Waals surface area contributed by atoms with Gasteiger partial charge in [0.25, 0.3) is 0 Å². The summed E-state index contributed by atoms with van der Waals surface area (Å²) < 4.78 is 5.32. The first kappa shape index (κ1) is 19.0. The Bertz CT molecular complexity index is 820. The van der Waals surface area contributed by atoms with Crippen LogP contribution in [0, 0.1) is 13.8 Å². The molecular weight excluding hydrogens is 342 g/mol. The van der Waals surface area contributed by atoms with Crippen molar-refractivity contribution in [3.63, 3.8) is 0 Å². The lowest BCUT2D eigenvalue weighted by atomic mass is 10.1. The Morgan fingerprint density at radius 3 is 2.04 bits per heavy atom. The van der Waals surface area contributed by atoms with Crippen molar-refractivity contribution < 1.29 is 14.3 Å². The van der Waals surface area contributed by atoms with Gasteiger partial charge in [0.1, 0.15) is 5.75 Å². The van der Waals surface area contributed by atoms with Crippen LogP contribution in [-0.4, -0.2) is 59.9 Å². The summed E-state index contributed by atoms with van der Waals surface area (Å²) >= 11 is 0. The highest BCUT2D eigenvalue weighted by Gasteiger charge is 2.25. The molecule has 6 heteroatoms. The van der Waals surface area contributed by atoms with Crippen molar-refractivity contribution in [3.05, 3.63) is 52.8 Å². The first-order chi connectivity index (χ1) is 13.0. The van der Waals surface area contributed by atoms with Crippen molar-refractivity contribution in [3.8, 4) is 5.75 Å². The third-order valence-corrected chi connectivity index (χ3v) is 5.12. The van der Waals surface area contributed by atoms with Crippen LogP contribution < -0.4 is 4.74 Å². The monoisotopic (exact) mass is 369 g/mol. The molecule has 0 aliphatic carbocycles. The van der Waals surface area contributed by atoms with E-state index in [1.807, 2.05) is 54.0 Å². The Morgan fingerprint density at radius 2 is 1.52 bits per heavy atom. The number of carbonyl (C=O) groups is 2. The smallest absolute Gasteiger partial charge is 0.227 e. The number of rotatable bonds is 5. The number of amides is 2. The quantitative estimate of drug-likeness (QED) is 0.878. The average molecular weight is 369 g/mol. The number of aryl methyl sites for hydroxylation is 2. The number of ether oxygens (including phenoxy) is 1. The molecule has 0 unspecified atom stereocenters. The normalized spacial score (nSPS) is 14.3. The van der Waals surface area contributed by atoms with Crippen LogP contribution in [0.25, 0.3) is 0 Å². The molecule has 2 aromatic rings. The Balaban J connectivity index is 1.53. The van der Waals surface area contributed by atoms with E-state index in [0.717, 1.165) is 28.3 Å². The topological polar surface area (TPSA) is 65.6 Å². The van der Waals surface area contributed by atoms with Gasteiger partial charge < -0.3 is 19.5 Å². The van der Waals surface area contributed by atoms with Crippen molar-refractivity contribution in [2.75, 3.05) is 33.3 Å². The summed E-state index contributed by atoms with van der Waals surface area (Å²) in [5, 5.41) is 0. The van der Waals surface area contributed by atoms with Gasteiger partial charge in [0.05, 0.1) is 20.0 Å². The molecule has 1 aliphatic rings. The fourth-order valence-electron chi connectivity index (χ4n) is 3.57. The summed E-state index contributed by atoms with van der Waals surface area (Å²) in [6, 6.07) is 9.61. The van der Waals surface area contributed by atoms with Gasteiger partial charge in [0, 0.05) is 43.1 Å². The Hall–Kier alpha value is -2.76. The maximum atomic E-state index is 12.6. The summed E-state index contributed by atoms with van der Waals surface area (Å²) in [4.78, 5) is 32.1. The molecule has 2 amide bonds. The second kappa shape index (κ2) is 8.29. The highest BCUT2D eigenvalue weighted by atomic mass is 16.5. The molecule has 27 heavy (non-hydrogen) atoms. The van der Waals surface area contributed by atoms with Gasteiger partial charge in [-0.05, 0) is 31.5 Å². The standard InChI is InChI=1S/C21H27N3O3/c1-15-12-18(16(2)22-15)14-21(26)24-10-8-23(9-11-24)20(25)13-17-6-4-5-7-19(17)27-3/h4-7,12,22H,8-11,13-14H2,1-3H3.